The second-order valence-corrected chi connectivity index (χ2v) is 9.13. The second-order valence-electron chi connectivity index (χ2n) is 7.84. The Balaban J connectivity index is 0.00000363. The Labute approximate surface area is 213 Å². The summed E-state index contributed by atoms with van der Waals surface area (Å²) in [5.41, 5.74) is 2.24. The van der Waals surface area contributed by atoms with E-state index in [4.69, 9.17) is 9.47 Å². The van der Waals surface area contributed by atoms with E-state index in [1.165, 1.54) is 4.88 Å². The molecule has 0 atom stereocenters. The van der Waals surface area contributed by atoms with Crippen LogP contribution in [0.5, 0.6) is 5.75 Å². The van der Waals surface area contributed by atoms with Gasteiger partial charge in [-0.15, -0.1) is 35.3 Å². The van der Waals surface area contributed by atoms with E-state index >= 15 is 0 Å². The summed E-state index contributed by atoms with van der Waals surface area (Å²) in [5, 5.41) is 7.83. The number of guanidine groups is 1. The number of hydrogen-bond donors (Lipinski definition) is 2. The smallest absolute Gasteiger partial charge is 0.191 e. The molecule has 2 N–H and O–H groups in total. The molecule has 1 aromatic heterocycles. The van der Waals surface area contributed by atoms with Crippen molar-refractivity contribution in [2.75, 3.05) is 40.5 Å². The van der Waals surface area contributed by atoms with Crippen molar-refractivity contribution >= 4 is 41.3 Å². The molecule has 1 aromatic carbocycles. The van der Waals surface area contributed by atoms with Gasteiger partial charge in [0.05, 0.1) is 17.2 Å². The molecule has 0 saturated carbocycles. The number of aryl methyl sites for hydroxylation is 2. The molecule has 1 aliphatic heterocycles. The van der Waals surface area contributed by atoms with Crippen LogP contribution in [0.1, 0.15) is 34.0 Å². The number of nitrogens with zero attached hydrogens (tertiary/aromatic N) is 3. The molecule has 178 valence electrons. The quantitative estimate of drug-likeness (QED) is 0.271. The molecule has 2 heterocycles. The summed E-state index contributed by atoms with van der Waals surface area (Å²) >= 11 is 1.72. The van der Waals surface area contributed by atoms with E-state index in [0.717, 1.165) is 67.1 Å². The summed E-state index contributed by atoms with van der Waals surface area (Å²) in [6.45, 7) is 8.82. The van der Waals surface area contributed by atoms with Crippen molar-refractivity contribution in [2.24, 2.45) is 4.99 Å². The van der Waals surface area contributed by atoms with Gasteiger partial charge in [0.1, 0.15) is 12.4 Å². The first-order valence-electron chi connectivity index (χ1n) is 10.9. The zero-order valence-corrected chi connectivity index (χ0v) is 22.7. The Morgan fingerprint density at radius 3 is 2.69 bits per heavy atom. The van der Waals surface area contributed by atoms with Crippen molar-refractivity contribution in [2.45, 2.75) is 45.8 Å². The van der Waals surface area contributed by atoms with Crippen molar-refractivity contribution in [1.82, 2.24) is 20.5 Å². The normalized spacial score (nSPS) is 14.8. The fourth-order valence-corrected chi connectivity index (χ4v) is 4.55. The summed E-state index contributed by atoms with van der Waals surface area (Å²) in [4.78, 5) is 12.4. The number of ether oxygens (including phenoxy) is 2. The molecule has 9 heteroatoms. The number of aromatic nitrogens is 1. The zero-order chi connectivity index (χ0) is 22.1. The molecule has 0 spiro atoms. The Kier molecular flexibility index (Phi) is 11.7. The van der Waals surface area contributed by atoms with Crippen LogP contribution in [0.2, 0.25) is 0 Å². The Morgan fingerprint density at radius 1 is 1.25 bits per heavy atom. The number of halogens is 1. The molecule has 0 radical (unpaired) electrons. The number of rotatable bonds is 9. The minimum Gasteiger partial charge on any atom is -0.492 e. The summed E-state index contributed by atoms with van der Waals surface area (Å²) in [5.74, 6) is 1.67. The van der Waals surface area contributed by atoms with Crippen molar-refractivity contribution < 1.29 is 9.47 Å². The van der Waals surface area contributed by atoms with Crippen molar-refractivity contribution in [1.29, 1.82) is 0 Å². The molecule has 2 aromatic rings. The van der Waals surface area contributed by atoms with E-state index in [1.54, 1.807) is 18.4 Å². The highest BCUT2D eigenvalue weighted by atomic mass is 127. The van der Waals surface area contributed by atoms with Crippen LogP contribution in [0.4, 0.5) is 0 Å². The van der Waals surface area contributed by atoms with Gasteiger partial charge in [0.15, 0.2) is 5.96 Å². The maximum Gasteiger partial charge on any atom is 0.191 e. The fraction of sp³-hybridized carbons (Fsp3) is 0.565. The standard InChI is InChI=1S/C23H35N5O2S.HI/c1-17-22(31-18(2)27-17)16-26-23(24-3)25-15-19-6-5-7-21(14-19)30-13-10-28(4)20-8-11-29-12-9-20;/h5-7,14,20H,8-13,15-16H2,1-4H3,(H2,24,25,26);1H. The van der Waals surface area contributed by atoms with E-state index in [-0.39, 0.29) is 24.0 Å². The monoisotopic (exact) mass is 573 g/mol. The van der Waals surface area contributed by atoms with Gasteiger partial charge in [-0.3, -0.25) is 9.89 Å². The van der Waals surface area contributed by atoms with E-state index in [2.05, 4.69) is 44.7 Å². The molecular formula is C23H36IN5O2S. The number of benzene rings is 1. The summed E-state index contributed by atoms with van der Waals surface area (Å²) < 4.78 is 11.5. The van der Waals surface area contributed by atoms with Gasteiger partial charge in [0.25, 0.3) is 0 Å². The Morgan fingerprint density at radius 2 is 2.00 bits per heavy atom. The van der Waals surface area contributed by atoms with E-state index in [1.807, 2.05) is 26.0 Å². The van der Waals surface area contributed by atoms with Crippen LogP contribution in [0, 0.1) is 13.8 Å². The van der Waals surface area contributed by atoms with E-state index < -0.39 is 0 Å². The molecule has 0 aliphatic carbocycles. The number of likely N-dealkylation sites (N-methyl/N-ethyl adjacent to an activating group) is 1. The lowest BCUT2D eigenvalue weighted by molar-refractivity contribution is 0.0392. The number of aliphatic imine (C=N–C) groups is 1. The highest BCUT2D eigenvalue weighted by Gasteiger charge is 2.18. The third kappa shape index (κ3) is 8.49. The van der Waals surface area contributed by atoms with Gasteiger partial charge in [0, 0.05) is 44.3 Å². The van der Waals surface area contributed by atoms with Gasteiger partial charge < -0.3 is 20.1 Å². The minimum atomic E-state index is 0. The van der Waals surface area contributed by atoms with Crippen molar-refractivity contribution in [3.05, 3.63) is 45.4 Å². The van der Waals surface area contributed by atoms with Gasteiger partial charge in [-0.1, -0.05) is 12.1 Å². The molecule has 0 bridgehead atoms. The first-order chi connectivity index (χ1) is 15.0. The average Bonchev–Trinajstić information content (AvgIpc) is 3.11. The van der Waals surface area contributed by atoms with E-state index in [9.17, 15) is 0 Å². The molecule has 1 fully saturated rings. The second kappa shape index (κ2) is 14.0. The molecule has 0 unspecified atom stereocenters. The highest BCUT2D eigenvalue weighted by molar-refractivity contribution is 14.0. The molecule has 1 saturated heterocycles. The van der Waals surface area contributed by atoms with Gasteiger partial charge in [-0.05, 0) is 51.4 Å². The third-order valence-corrected chi connectivity index (χ3v) is 6.60. The first kappa shape index (κ1) is 26.8. The summed E-state index contributed by atoms with van der Waals surface area (Å²) in [7, 11) is 3.96. The fourth-order valence-electron chi connectivity index (χ4n) is 3.67. The lowest BCUT2D eigenvalue weighted by atomic mass is 10.1. The molecule has 7 nitrogen and oxygen atoms in total. The zero-order valence-electron chi connectivity index (χ0n) is 19.5. The van der Waals surface area contributed by atoms with Crippen LogP contribution < -0.4 is 15.4 Å². The lowest BCUT2D eigenvalue weighted by Gasteiger charge is -2.31. The predicted octanol–water partition coefficient (Wildman–Crippen LogP) is 3.73. The molecule has 32 heavy (non-hydrogen) atoms. The largest absolute Gasteiger partial charge is 0.492 e. The van der Waals surface area contributed by atoms with Gasteiger partial charge >= 0.3 is 0 Å². The van der Waals surface area contributed by atoms with E-state index in [0.29, 0.717) is 19.2 Å². The van der Waals surface area contributed by atoms with Crippen molar-refractivity contribution in [3.8, 4) is 5.75 Å². The maximum atomic E-state index is 6.01. The number of nitrogens with one attached hydrogen (secondary N) is 2. The van der Waals surface area contributed by atoms with Gasteiger partial charge in [-0.2, -0.15) is 0 Å². The Hall–Kier alpha value is -1.43. The Bertz CT molecular complexity index is 855. The lowest BCUT2D eigenvalue weighted by Crippen LogP contribution is -2.38. The molecule has 3 rings (SSSR count). The minimum absolute atomic E-state index is 0. The van der Waals surface area contributed by atoms with Crippen LogP contribution in [0.25, 0.3) is 0 Å². The number of thiazole rings is 1. The van der Waals surface area contributed by atoms with Crippen LogP contribution >= 0.6 is 35.3 Å². The predicted molar refractivity (Wildman–Crippen MR) is 142 cm³/mol. The van der Waals surface area contributed by atoms with Gasteiger partial charge in [-0.25, -0.2) is 4.98 Å². The SMILES string of the molecule is CN=C(NCc1cccc(OCCN(C)C2CCOCC2)c1)NCc1sc(C)nc1C.I. The topological polar surface area (TPSA) is 71.0 Å². The van der Waals surface area contributed by atoms with Crippen LogP contribution in [-0.4, -0.2) is 62.3 Å². The molecule has 1 aliphatic rings. The van der Waals surface area contributed by atoms with Crippen LogP contribution in [-0.2, 0) is 17.8 Å². The maximum absolute atomic E-state index is 6.01. The van der Waals surface area contributed by atoms with Crippen LogP contribution in [0.15, 0.2) is 29.3 Å². The van der Waals surface area contributed by atoms with Crippen molar-refractivity contribution in [3.63, 3.8) is 0 Å². The molecule has 0 amide bonds. The summed E-state index contributed by atoms with van der Waals surface area (Å²) in [6.07, 6.45) is 2.21. The summed E-state index contributed by atoms with van der Waals surface area (Å²) in [6, 6.07) is 8.84. The highest BCUT2D eigenvalue weighted by Crippen LogP contribution is 2.17. The molecular weight excluding hydrogens is 537 g/mol. The van der Waals surface area contributed by atoms with Gasteiger partial charge in [0.2, 0.25) is 0 Å². The third-order valence-electron chi connectivity index (χ3n) is 5.52. The van der Waals surface area contributed by atoms with Crippen LogP contribution in [0.3, 0.4) is 0 Å². The first-order valence-corrected chi connectivity index (χ1v) is 11.7. The number of hydrogen-bond acceptors (Lipinski definition) is 6. The average molecular weight is 574 g/mol.